The quantitative estimate of drug-likeness (QED) is 0.784. The highest BCUT2D eigenvalue weighted by molar-refractivity contribution is 6.09. The third-order valence-electron chi connectivity index (χ3n) is 5.80. The number of carbonyl (C=O) groups excluding carboxylic acids is 1. The van der Waals surface area contributed by atoms with Gasteiger partial charge in [0, 0.05) is 17.8 Å². The smallest absolute Gasteiger partial charge is 0.416 e. The number of benzene rings is 2. The fourth-order valence-electron chi connectivity index (χ4n) is 4.27. The number of fused-ring (bicyclic) bond motifs is 2. The minimum atomic E-state index is -4.47. The molecule has 8 heteroatoms. The van der Waals surface area contributed by atoms with Crippen LogP contribution in [0.15, 0.2) is 54.0 Å². The second-order valence-corrected chi connectivity index (χ2v) is 7.87. The molecule has 0 bridgehead atoms. The second-order valence-electron chi connectivity index (χ2n) is 7.87. The van der Waals surface area contributed by atoms with Gasteiger partial charge in [0.2, 0.25) is 5.91 Å². The SMILES string of the molecule is C=C1c2cc(C(F)(F)F)ccc2N=C2[C@H](C(N)=O)C[C@@H](Cc3cccc(OC)c3)CN12. The van der Waals surface area contributed by atoms with Gasteiger partial charge in [0.15, 0.2) is 0 Å². The summed E-state index contributed by atoms with van der Waals surface area (Å²) >= 11 is 0. The number of hydrogen-bond donors (Lipinski definition) is 1. The highest BCUT2D eigenvalue weighted by Crippen LogP contribution is 2.42. The van der Waals surface area contributed by atoms with E-state index in [0.29, 0.717) is 42.2 Å². The molecule has 31 heavy (non-hydrogen) atoms. The largest absolute Gasteiger partial charge is 0.497 e. The number of aliphatic imine (C=N–C) groups is 1. The molecule has 2 heterocycles. The first-order valence-corrected chi connectivity index (χ1v) is 9.86. The van der Waals surface area contributed by atoms with Crippen LogP contribution in [0.3, 0.4) is 0 Å². The molecule has 2 aliphatic rings. The summed E-state index contributed by atoms with van der Waals surface area (Å²) in [4.78, 5) is 18.5. The van der Waals surface area contributed by atoms with E-state index in [-0.39, 0.29) is 5.92 Å². The van der Waals surface area contributed by atoms with Crippen molar-refractivity contribution in [3.05, 3.63) is 65.7 Å². The summed E-state index contributed by atoms with van der Waals surface area (Å²) in [6, 6.07) is 11.0. The van der Waals surface area contributed by atoms with Gasteiger partial charge in [-0.2, -0.15) is 13.2 Å². The molecule has 0 unspecified atom stereocenters. The number of primary amides is 1. The maximum Gasteiger partial charge on any atom is 0.416 e. The van der Waals surface area contributed by atoms with Crippen molar-refractivity contribution in [2.45, 2.75) is 19.0 Å². The number of amides is 1. The predicted octanol–water partition coefficient (Wildman–Crippen LogP) is 4.39. The molecular formula is C23H22F3N3O2. The molecule has 0 aromatic heterocycles. The van der Waals surface area contributed by atoms with Gasteiger partial charge in [0.1, 0.15) is 11.6 Å². The van der Waals surface area contributed by atoms with E-state index in [4.69, 9.17) is 10.5 Å². The Morgan fingerprint density at radius 2 is 2.06 bits per heavy atom. The van der Waals surface area contributed by atoms with E-state index in [0.717, 1.165) is 23.4 Å². The summed E-state index contributed by atoms with van der Waals surface area (Å²) in [5.74, 6) is 0.0658. The molecule has 1 fully saturated rings. The molecular weight excluding hydrogens is 407 g/mol. The average Bonchev–Trinajstić information content (AvgIpc) is 2.73. The minimum absolute atomic E-state index is 0.0349. The molecule has 2 atom stereocenters. The van der Waals surface area contributed by atoms with Gasteiger partial charge in [-0.15, -0.1) is 0 Å². The minimum Gasteiger partial charge on any atom is -0.497 e. The van der Waals surface area contributed by atoms with Gasteiger partial charge < -0.3 is 15.4 Å². The Labute approximate surface area is 178 Å². The van der Waals surface area contributed by atoms with Crippen molar-refractivity contribution in [2.75, 3.05) is 13.7 Å². The van der Waals surface area contributed by atoms with Gasteiger partial charge >= 0.3 is 6.18 Å². The molecule has 0 aliphatic carbocycles. The monoisotopic (exact) mass is 429 g/mol. The zero-order chi connectivity index (χ0) is 22.3. The maximum absolute atomic E-state index is 13.2. The Morgan fingerprint density at radius 3 is 2.74 bits per heavy atom. The third-order valence-corrected chi connectivity index (χ3v) is 5.80. The zero-order valence-corrected chi connectivity index (χ0v) is 16.9. The highest BCUT2D eigenvalue weighted by Gasteiger charge is 2.40. The van der Waals surface area contributed by atoms with Crippen LogP contribution in [0.2, 0.25) is 0 Å². The first kappa shape index (κ1) is 21.0. The molecule has 4 rings (SSSR count). The Bertz CT molecular complexity index is 1080. The van der Waals surface area contributed by atoms with Gasteiger partial charge in [-0.3, -0.25) is 4.79 Å². The number of amidine groups is 1. The predicted molar refractivity (Wildman–Crippen MR) is 112 cm³/mol. The lowest BCUT2D eigenvalue weighted by atomic mass is 9.82. The van der Waals surface area contributed by atoms with Crippen molar-refractivity contribution in [3.63, 3.8) is 0 Å². The summed E-state index contributed by atoms with van der Waals surface area (Å²) in [6.07, 6.45) is -3.30. The van der Waals surface area contributed by atoms with Crippen LogP contribution in [0.4, 0.5) is 18.9 Å². The summed E-state index contributed by atoms with van der Waals surface area (Å²) in [5, 5.41) is 0. The number of nitrogens with zero attached hydrogens (tertiary/aromatic N) is 2. The van der Waals surface area contributed by atoms with Gasteiger partial charge in [-0.1, -0.05) is 18.7 Å². The molecule has 0 radical (unpaired) electrons. The van der Waals surface area contributed by atoms with Crippen molar-refractivity contribution in [3.8, 4) is 5.75 Å². The Kier molecular flexibility index (Phi) is 5.24. The van der Waals surface area contributed by atoms with Crippen LogP contribution >= 0.6 is 0 Å². The van der Waals surface area contributed by atoms with Crippen LogP contribution in [-0.2, 0) is 17.4 Å². The van der Waals surface area contributed by atoms with Crippen molar-refractivity contribution < 1.29 is 22.7 Å². The van der Waals surface area contributed by atoms with E-state index in [1.807, 2.05) is 24.3 Å². The van der Waals surface area contributed by atoms with Crippen molar-refractivity contribution in [1.29, 1.82) is 0 Å². The van der Waals surface area contributed by atoms with E-state index in [2.05, 4.69) is 11.6 Å². The molecule has 5 nitrogen and oxygen atoms in total. The highest BCUT2D eigenvalue weighted by atomic mass is 19.4. The first-order chi connectivity index (χ1) is 14.7. The zero-order valence-electron chi connectivity index (χ0n) is 16.9. The second kappa shape index (κ2) is 7.76. The number of nitrogens with two attached hydrogens (primary N) is 1. The number of hydrogen-bond acceptors (Lipinski definition) is 4. The third kappa shape index (κ3) is 4.02. The molecule has 2 N–H and O–H groups in total. The fourth-order valence-corrected chi connectivity index (χ4v) is 4.27. The Hall–Kier alpha value is -3.29. The maximum atomic E-state index is 13.2. The van der Waals surface area contributed by atoms with Crippen LogP contribution in [0, 0.1) is 11.8 Å². The summed E-state index contributed by atoms with van der Waals surface area (Å²) in [6.45, 7) is 4.51. The lowest BCUT2D eigenvalue weighted by Gasteiger charge is -2.42. The standard InChI is InChI=1S/C23H22F3N3O2/c1-13-18-11-16(23(24,25)26)6-7-20(18)28-22-19(21(27)30)10-15(12-29(13)22)8-14-4-3-5-17(9-14)31-2/h3-7,9,11,15,19H,1,8,10,12H2,2H3,(H2,27,30)/t15-,19+/m1/s1. The first-order valence-electron chi connectivity index (χ1n) is 9.86. The molecule has 0 saturated carbocycles. The number of alkyl halides is 3. The van der Waals surface area contributed by atoms with Crippen LogP contribution in [0.5, 0.6) is 5.75 Å². The molecule has 1 amide bonds. The molecule has 2 aliphatic heterocycles. The molecule has 162 valence electrons. The van der Waals surface area contributed by atoms with Crippen LogP contribution in [0.1, 0.15) is 23.1 Å². The number of rotatable bonds is 4. The van der Waals surface area contributed by atoms with Crippen molar-refractivity contribution >= 4 is 23.1 Å². The van der Waals surface area contributed by atoms with E-state index in [9.17, 15) is 18.0 Å². The average molecular weight is 429 g/mol. The number of methoxy groups -OCH3 is 1. The normalized spacial score (nSPS) is 20.6. The number of ether oxygens (including phenoxy) is 1. The number of halogens is 3. The van der Waals surface area contributed by atoms with Crippen molar-refractivity contribution in [2.24, 2.45) is 22.6 Å². The van der Waals surface area contributed by atoms with Gasteiger partial charge in [0.25, 0.3) is 0 Å². The lowest BCUT2D eigenvalue weighted by molar-refractivity contribution is -0.137. The van der Waals surface area contributed by atoms with Gasteiger partial charge in [-0.05, 0) is 54.7 Å². The summed E-state index contributed by atoms with van der Waals surface area (Å²) < 4.78 is 44.9. The fraction of sp³-hybridized carbons (Fsp3) is 0.304. The van der Waals surface area contributed by atoms with Gasteiger partial charge in [0.05, 0.1) is 24.3 Å². The van der Waals surface area contributed by atoms with Crippen LogP contribution < -0.4 is 10.5 Å². The Balaban J connectivity index is 1.68. The lowest BCUT2D eigenvalue weighted by Crippen LogP contribution is -2.50. The van der Waals surface area contributed by atoms with E-state index < -0.39 is 23.6 Å². The summed E-state index contributed by atoms with van der Waals surface area (Å²) in [5.41, 5.74) is 7.02. The molecule has 2 aromatic rings. The van der Waals surface area contributed by atoms with Crippen LogP contribution in [0.25, 0.3) is 5.70 Å². The van der Waals surface area contributed by atoms with E-state index in [1.54, 1.807) is 12.0 Å². The topological polar surface area (TPSA) is 67.9 Å². The number of carbonyl (C=O) groups is 1. The number of piperidine rings is 1. The van der Waals surface area contributed by atoms with Crippen LogP contribution in [-0.4, -0.2) is 30.3 Å². The molecule has 0 spiro atoms. The molecule has 2 aromatic carbocycles. The summed E-state index contributed by atoms with van der Waals surface area (Å²) in [7, 11) is 1.59. The van der Waals surface area contributed by atoms with Gasteiger partial charge in [-0.25, -0.2) is 4.99 Å². The Morgan fingerprint density at radius 1 is 1.29 bits per heavy atom. The molecule has 1 saturated heterocycles. The van der Waals surface area contributed by atoms with E-state index >= 15 is 0 Å². The van der Waals surface area contributed by atoms with Crippen molar-refractivity contribution in [1.82, 2.24) is 4.90 Å². The van der Waals surface area contributed by atoms with E-state index in [1.165, 1.54) is 6.07 Å².